The van der Waals surface area contributed by atoms with Crippen LogP contribution in [0.3, 0.4) is 0 Å². The summed E-state index contributed by atoms with van der Waals surface area (Å²) in [6.07, 6.45) is 10.3. The van der Waals surface area contributed by atoms with Crippen molar-refractivity contribution < 1.29 is 0 Å². The molecule has 120 valence electrons. The molecule has 0 aromatic carbocycles. The van der Waals surface area contributed by atoms with Crippen LogP contribution in [0.2, 0.25) is 0 Å². The fourth-order valence-corrected chi connectivity index (χ4v) is 3.55. The van der Waals surface area contributed by atoms with Crippen molar-refractivity contribution in [3.05, 3.63) is 10.0 Å². The van der Waals surface area contributed by atoms with Gasteiger partial charge in [0.2, 0.25) is 0 Å². The first kappa shape index (κ1) is 16.8. The summed E-state index contributed by atoms with van der Waals surface area (Å²) in [6, 6.07) is 0.785. The Hall–Kier alpha value is -0.560. The average molecular weight is 311 g/mol. The lowest BCUT2D eigenvalue weighted by Crippen LogP contribution is -2.33. The van der Waals surface area contributed by atoms with Crippen LogP contribution < -0.4 is 16.4 Å². The van der Waals surface area contributed by atoms with Crippen LogP contribution in [0.25, 0.3) is 0 Å². The van der Waals surface area contributed by atoms with Crippen molar-refractivity contribution in [2.24, 2.45) is 5.73 Å². The molecule has 1 aromatic rings. The zero-order chi connectivity index (χ0) is 14.8. The summed E-state index contributed by atoms with van der Waals surface area (Å²) in [6.45, 7) is 3.81. The first-order chi connectivity index (χ1) is 10.4. The van der Waals surface area contributed by atoms with Gasteiger partial charge in [-0.3, -0.25) is 0 Å². The van der Waals surface area contributed by atoms with E-state index in [0.717, 1.165) is 48.5 Å². The van der Waals surface area contributed by atoms with Gasteiger partial charge in [0.25, 0.3) is 0 Å². The molecule has 0 atom stereocenters. The zero-order valence-corrected chi connectivity index (χ0v) is 13.8. The highest BCUT2D eigenvalue weighted by Crippen LogP contribution is 2.17. The van der Waals surface area contributed by atoms with Crippen LogP contribution in [0.4, 0.5) is 0 Å². The van der Waals surface area contributed by atoms with Crippen molar-refractivity contribution in [3.8, 4) is 0 Å². The Kier molecular flexibility index (Phi) is 8.17. The summed E-state index contributed by atoms with van der Waals surface area (Å²) < 4.78 is 0. The Bertz CT molecular complexity index is 376. The summed E-state index contributed by atoms with van der Waals surface area (Å²) in [7, 11) is 0. The van der Waals surface area contributed by atoms with Crippen molar-refractivity contribution in [1.29, 1.82) is 0 Å². The lowest BCUT2D eigenvalue weighted by atomic mass is 9.95. The van der Waals surface area contributed by atoms with Gasteiger partial charge in [-0.05, 0) is 45.3 Å². The van der Waals surface area contributed by atoms with E-state index in [-0.39, 0.29) is 0 Å². The normalized spacial score (nSPS) is 16.4. The number of aromatic nitrogens is 2. The van der Waals surface area contributed by atoms with Crippen LogP contribution in [0.5, 0.6) is 0 Å². The first-order valence-corrected chi connectivity index (χ1v) is 9.15. The third-order valence-corrected chi connectivity index (χ3v) is 5.00. The fraction of sp³-hybridized carbons (Fsp3) is 0.867. The van der Waals surface area contributed by atoms with Gasteiger partial charge in [-0.1, -0.05) is 19.3 Å². The lowest BCUT2D eigenvalue weighted by Gasteiger charge is -2.22. The van der Waals surface area contributed by atoms with Gasteiger partial charge in [-0.15, -0.1) is 21.5 Å². The Morgan fingerprint density at radius 2 is 1.76 bits per heavy atom. The number of nitrogens with one attached hydrogen (secondary N) is 2. The van der Waals surface area contributed by atoms with E-state index in [1.54, 1.807) is 11.3 Å². The van der Waals surface area contributed by atoms with E-state index in [1.807, 2.05) is 0 Å². The third kappa shape index (κ3) is 6.82. The minimum absolute atomic E-state index is 0.504. The minimum Gasteiger partial charge on any atom is -0.324 e. The highest BCUT2D eigenvalue weighted by molar-refractivity contribution is 7.11. The van der Waals surface area contributed by atoms with E-state index < -0.39 is 0 Å². The largest absolute Gasteiger partial charge is 0.324 e. The molecule has 0 unspecified atom stereocenters. The molecule has 0 radical (unpaired) electrons. The molecule has 0 saturated heterocycles. The molecule has 4 N–H and O–H groups in total. The van der Waals surface area contributed by atoms with E-state index in [1.165, 1.54) is 38.5 Å². The quantitative estimate of drug-likeness (QED) is 0.575. The molecule has 1 saturated carbocycles. The van der Waals surface area contributed by atoms with Crippen LogP contribution >= 0.6 is 11.3 Å². The van der Waals surface area contributed by atoms with Crippen molar-refractivity contribution >= 4 is 11.3 Å². The summed E-state index contributed by atoms with van der Waals surface area (Å²) in [5, 5.41) is 17.4. The lowest BCUT2D eigenvalue weighted by molar-refractivity contribution is 0.371. The Labute approximate surface area is 132 Å². The molecule has 1 aromatic heterocycles. The molecule has 21 heavy (non-hydrogen) atoms. The van der Waals surface area contributed by atoms with Gasteiger partial charge in [-0.25, -0.2) is 0 Å². The molecule has 5 nitrogen and oxygen atoms in total. The second-order valence-corrected chi connectivity index (χ2v) is 6.94. The van der Waals surface area contributed by atoms with Crippen molar-refractivity contribution in [3.63, 3.8) is 0 Å². The maximum absolute atomic E-state index is 5.53. The second-order valence-electron chi connectivity index (χ2n) is 5.79. The Morgan fingerprint density at radius 1 is 1.00 bits per heavy atom. The SMILES string of the molecule is NCc1nnc(CCCNCCCNC2CCCCC2)s1. The molecule has 0 amide bonds. The highest BCUT2D eigenvalue weighted by atomic mass is 32.1. The molecular weight excluding hydrogens is 282 g/mol. The summed E-state index contributed by atoms with van der Waals surface area (Å²) in [5.74, 6) is 0. The maximum Gasteiger partial charge on any atom is 0.131 e. The topological polar surface area (TPSA) is 75.9 Å². The molecule has 1 aliphatic carbocycles. The number of hydrogen-bond acceptors (Lipinski definition) is 6. The molecule has 6 heteroatoms. The Morgan fingerprint density at radius 3 is 2.52 bits per heavy atom. The van der Waals surface area contributed by atoms with Gasteiger partial charge >= 0.3 is 0 Å². The number of nitrogens with zero attached hydrogens (tertiary/aromatic N) is 2. The van der Waals surface area contributed by atoms with Gasteiger partial charge < -0.3 is 16.4 Å². The molecule has 0 bridgehead atoms. The predicted octanol–water partition coefficient (Wildman–Crippen LogP) is 1.83. The minimum atomic E-state index is 0.504. The first-order valence-electron chi connectivity index (χ1n) is 8.34. The van der Waals surface area contributed by atoms with Crippen LogP contribution in [-0.2, 0) is 13.0 Å². The van der Waals surface area contributed by atoms with Gasteiger partial charge in [0, 0.05) is 19.0 Å². The van der Waals surface area contributed by atoms with E-state index in [2.05, 4.69) is 20.8 Å². The molecule has 0 aliphatic heterocycles. The predicted molar refractivity (Wildman–Crippen MR) is 88.5 cm³/mol. The molecule has 1 heterocycles. The summed E-state index contributed by atoms with van der Waals surface area (Å²) >= 11 is 1.64. The third-order valence-electron chi connectivity index (χ3n) is 4.00. The van der Waals surface area contributed by atoms with E-state index in [0.29, 0.717) is 6.54 Å². The van der Waals surface area contributed by atoms with Crippen LogP contribution in [0.1, 0.15) is 55.0 Å². The van der Waals surface area contributed by atoms with E-state index >= 15 is 0 Å². The number of hydrogen-bond donors (Lipinski definition) is 3. The number of rotatable bonds is 10. The molecule has 1 fully saturated rings. The standard InChI is InChI=1S/C15H29N5S/c16-12-15-20-19-14(21-15)8-4-9-17-10-5-11-18-13-6-2-1-3-7-13/h13,17-18H,1-12,16H2. The molecule has 0 spiro atoms. The summed E-state index contributed by atoms with van der Waals surface area (Å²) in [5.41, 5.74) is 5.53. The fourth-order valence-electron chi connectivity index (χ4n) is 2.79. The number of aryl methyl sites for hydroxylation is 1. The van der Waals surface area contributed by atoms with E-state index in [9.17, 15) is 0 Å². The van der Waals surface area contributed by atoms with Crippen LogP contribution in [-0.4, -0.2) is 35.9 Å². The van der Waals surface area contributed by atoms with Crippen LogP contribution in [0, 0.1) is 0 Å². The zero-order valence-electron chi connectivity index (χ0n) is 12.9. The van der Waals surface area contributed by atoms with Crippen LogP contribution in [0.15, 0.2) is 0 Å². The molecular formula is C15H29N5S. The van der Waals surface area contributed by atoms with Gasteiger partial charge in [0.1, 0.15) is 10.0 Å². The van der Waals surface area contributed by atoms with Gasteiger partial charge in [-0.2, -0.15) is 0 Å². The molecule has 1 aliphatic rings. The Balaban J connectivity index is 1.39. The average Bonchev–Trinajstić information content (AvgIpc) is 2.99. The number of nitrogens with two attached hydrogens (primary N) is 1. The maximum atomic E-state index is 5.53. The smallest absolute Gasteiger partial charge is 0.131 e. The molecule has 2 rings (SSSR count). The van der Waals surface area contributed by atoms with E-state index in [4.69, 9.17) is 5.73 Å². The van der Waals surface area contributed by atoms with Crippen molar-refractivity contribution in [2.45, 2.75) is 64.0 Å². The van der Waals surface area contributed by atoms with Crippen molar-refractivity contribution in [1.82, 2.24) is 20.8 Å². The van der Waals surface area contributed by atoms with Crippen molar-refractivity contribution in [2.75, 3.05) is 19.6 Å². The highest BCUT2D eigenvalue weighted by Gasteiger charge is 2.11. The summed E-state index contributed by atoms with van der Waals surface area (Å²) in [4.78, 5) is 0. The van der Waals surface area contributed by atoms with Gasteiger partial charge in [0.15, 0.2) is 0 Å². The monoisotopic (exact) mass is 311 g/mol. The second kappa shape index (κ2) is 10.2. The van der Waals surface area contributed by atoms with Gasteiger partial charge in [0.05, 0.1) is 0 Å².